The van der Waals surface area contributed by atoms with Gasteiger partial charge in [-0.15, -0.1) is 10.2 Å². The minimum atomic E-state index is -0.951. The van der Waals surface area contributed by atoms with Gasteiger partial charge in [0.25, 0.3) is 0 Å². The van der Waals surface area contributed by atoms with E-state index in [1.54, 1.807) is 7.05 Å². The van der Waals surface area contributed by atoms with Crippen molar-refractivity contribution in [2.24, 2.45) is 12.5 Å². The highest BCUT2D eigenvalue weighted by Gasteiger charge is 2.44. The molecule has 3 aromatic rings. The van der Waals surface area contributed by atoms with E-state index < -0.39 is 17.4 Å². The third kappa shape index (κ3) is 4.85. The fourth-order valence-electron chi connectivity index (χ4n) is 4.48. The molecule has 166 valence electrons. The standard InChI is InChI=1S/C24H27N5O3/c1-29-27-22(26-28-29)20(25-23(32)24(16-21(30)31)13-5-6-14-24)15-17-9-11-19(12-10-17)18-7-3-2-4-8-18/h2-4,7-12,20H,5-6,13-16H2,1H3,(H,25,32)(H,30,31)/t20-/m0/s1. The third-order valence-electron chi connectivity index (χ3n) is 6.17. The minimum Gasteiger partial charge on any atom is -0.481 e. The molecule has 1 aliphatic carbocycles. The van der Waals surface area contributed by atoms with Crippen molar-refractivity contribution in [1.82, 2.24) is 25.5 Å². The van der Waals surface area contributed by atoms with Crippen LogP contribution in [0.15, 0.2) is 54.6 Å². The Kier molecular flexibility index (Phi) is 6.30. The molecule has 0 bridgehead atoms. The number of nitrogens with zero attached hydrogens (tertiary/aromatic N) is 4. The predicted octanol–water partition coefficient (Wildman–Crippen LogP) is 3.31. The molecule has 0 radical (unpaired) electrons. The van der Waals surface area contributed by atoms with E-state index in [2.05, 4.69) is 45.0 Å². The van der Waals surface area contributed by atoms with Crippen molar-refractivity contribution in [2.45, 2.75) is 44.6 Å². The van der Waals surface area contributed by atoms with E-state index in [1.807, 2.05) is 30.3 Å². The minimum absolute atomic E-state index is 0.161. The first-order chi connectivity index (χ1) is 15.4. The van der Waals surface area contributed by atoms with Crippen molar-refractivity contribution >= 4 is 11.9 Å². The number of carbonyl (C=O) groups is 2. The molecule has 0 aliphatic heterocycles. The average molecular weight is 434 g/mol. The summed E-state index contributed by atoms with van der Waals surface area (Å²) in [5.41, 5.74) is 2.39. The number of rotatable bonds is 8. The molecule has 1 heterocycles. The lowest BCUT2D eigenvalue weighted by atomic mass is 9.81. The number of carboxylic acid groups (broad SMARTS) is 1. The van der Waals surface area contributed by atoms with Crippen LogP contribution in [0.3, 0.4) is 0 Å². The second-order valence-electron chi connectivity index (χ2n) is 8.49. The van der Waals surface area contributed by atoms with Crippen LogP contribution in [-0.4, -0.2) is 37.2 Å². The van der Waals surface area contributed by atoms with Crippen LogP contribution in [0.5, 0.6) is 0 Å². The molecule has 2 aromatic carbocycles. The fraction of sp³-hybridized carbons (Fsp3) is 0.375. The number of aliphatic carboxylic acids is 1. The summed E-state index contributed by atoms with van der Waals surface area (Å²) in [4.78, 5) is 26.1. The maximum Gasteiger partial charge on any atom is 0.304 e. The Morgan fingerprint density at radius 3 is 2.31 bits per heavy atom. The number of amides is 1. The van der Waals surface area contributed by atoms with Crippen LogP contribution in [0.2, 0.25) is 0 Å². The Hall–Kier alpha value is -3.55. The van der Waals surface area contributed by atoms with Gasteiger partial charge >= 0.3 is 5.97 Å². The van der Waals surface area contributed by atoms with E-state index in [4.69, 9.17) is 0 Å². The van der Waals surface area contributed by atoms with Gasteiger partial charge in [-0.1, -0.05) is 67.4 Å². The van der Waals surface area contributed by atoms with Crippen LogP contribution >= 0.6 is 0 Å². The number of carboxylic acids is 1. The average Bonchev–Trinajstić information content (AvgIpc) is 3.44. The Morgan fingerprint density at radius 2 is 1.72 bits per heavy atom. The van der Waals surface area contributed by atoms with Gasteiger partial charge in [-0.3, -0.25) is 9.59 Å². The van der Waals surface area contributed by atoms with Crippen molar-refractivity contribution in [3.8, 4) is 11.1 Å². The van der Waals surface area contributed by atoms with Crippen LogP contribution in [0.25, 0.3) is 11.1 Å². The summed E-state index contributed by atoms with van der Waals surface area (Å²) in [5.74, 6) is -0.778. The van der Waals surface area contributed by atoms with Crippen LogP contribution < -0.4 is 5.32 Å². The summed E-state index contributed by atoms with van der Waals surface area (Å²) in [6.45, 7) is 0. The molecule has 32 heavy (non-hydrogen) atoms. The molecule has 0 saturated heterocycles. The largest absolute Gasteiger partial charge is 0.481 e. The lowest BCUT2D eigenvalue weighted by Crippen LogP contribution is -2.43. The second-order valence-corrected chi connectivity index (χ2v) is 8.49. The topological polar surface area (TPSA) is 110 Å². The maximum absolute atomic E-state index is 13.3. The van der Waals surface area contributed by atoms with Gasteiger partial charge in [-0.05, 0) is 34.7 Å². The van der Waals surface area contributed by atoms with E-state index in [1.165, 1.54) is 4.80 Å². The van der Waals surface area contributed by atoms with E-state index in [-0.39, 0.29) is 12.3 Å². The number of hydrogen-bond acceptors (Lipinski definition) is 5. The molecule has 2 N–H and O–H groups in total. The highest BCUT2D eigenvalue weighted by Crippen LogP contribution is 2.42. The van der Waals surface area contributed by atoms with Gasteiger partial charge in [-0.25, -0.2) is 0 Å². The zero-order valence-corrected chi connectivity index (χ0v) is 18.1. The highest BCUT2D eigenvalue weighted by molar-refractivity contribution is 5.87. The summed E-state index contributed by atoms with van der Waals surface area (Å²) in [7, 11) is 1.67. The molecule has 8 nitrogen and oxygen atoms in total. The van der Waals surface area contributed by atoms with Crippen LogP contribution in [0, 0.1) is 5.41 Å². The number of nitrogens with one attached hydrogen (secondary N) is 1. The Bertz CT molecular complexity index is 1070. The Labute approximate surface area is 186 Å². The monoisotopic (exact) mass is 433 g/mol. The molecule has 1 aromatic heterocycles. The molecule has 1 saturated carbocycles. The molecule has 0 unspecified atom stereocenters. The van der Waals surface area contributed by atoms with Gasteiger partial charge in [0, 0.05) is 6.42 Å². The summed E-state index contributed by atoms with van der Waals surface area (Å²) >= 11 is 0. The number of aryl methyl sites for hydroxylation is 1. The van der Waals surface area contributed by atoms with Gasteiger partial charge in [0.2, 0.25) is 5.91 Å². The number of benzene rings is 2. The van der Waals surface area contributed by atoms with Crippen LogP contribution in [-0.2, 0) is 23.1 Å². The van der Waals surface area contributed by atoms with Crippen LogP contribution in [0.4, 0.5) is 0 Å². The first kappa shape index (κ1) is 21.7. The van der Waals surface area contributed by atoms with Gasteiger partial charge in [0.15, 0.2) is 5.82 Å². The second kappa shape index (κ2) is 9.30. The number of carbonyl (C=O) groups excluding carboxylic acids is 1. The zero-order chi connectivity index (χ0) is 22.6. The van der Waals surface area contributed by atoms with Crippen molar-refractivity contribution in [1.29, 1.82) is 0 Å². The van der Waals surface area contributed by atoms with Gasteiger partial charge < -0.3 is 10.4 Å². The third-order valence-corrected chi connectivity index (χ3v) is 6.17. The van der Waals surface area contributed by atoms with Crippen molar-refractivity contribution in [3.05, 3.63) is 66.0 Å². The molecular weight excluding hydrogens is 406 g/mol. The molecular formula is C24H27N5O3. The fourth-order valence-corrected chi connectivity index (χ4v) is 4.48. The normalized spacial score (nSPS) is 15.9. The molecule has 1 amide bonds. The van der Waals surface area contributed by atoms with E-state index in [9.17, 15) is 14.7 Å². The van der Waals surface area contributed by atoms with Gasteiger partial charge in [-0.2, -0.15) is 4.80 Å². The quantitative estimate of drug-likeness (QED) is 0.564. The predicted molar refractivity (Wildman–Crippen MR) is 118 cm³/mol. The molecule has 1 fully saturated rings. The summed E-state index contributed by atoms with van der Waals surface area (Å²) in [5, 5.41) is 24.8. The molecule has 1 atom stereocenters. The first-order valence-corrected chi connectivity index (χ1v) is 10.9. The highest BCUT2D eigenvalue weighted by atomic mass is 16.4. The molecule has 1 aliphatic rings. The number of hydrogen-bond donors (Lipinski definition) is 2. The maximum atomic E-state index is 13.3. The SMILES string of the molecule is Cn1nnc([C@H](Cc2ccc(-c3ccccc3)cc2)NC(=O)C2(CC(=O)O)CCCC2)n1. The van der Waals surface area contributed by atoms with Crippen molar-refractivity contribution in [2.75, 3.05) is 0 Å². The van der Waals surface area contributed by atoms with Crippen molar-refractivity contribution < 1.29 is 14.7 Å². The molecule has 4 rings (SSSR count). The lowest BCUT2D eigenvalue weighted by Gasteiger charge is -2.28. The van der Waals surface area contributed by atoms with E-state index >= 15 is 0 Å². The lowest BCUT2D eigenvalue weighted by molar-refractivity contribution is -0.145. The Morgan fingerprint density at radius 1 is 1.06 bits per heavy atom. The number of aromatic nitrogens is 4. The zero-order valence-electron chi connectivity index (χ0n) is 18.1. The van der Waals surface area contributed by atoms with Gasteiger partial charge in [0.1, 0.15) is 0 Å². The Balaban J connectivity index is 1.55. The number of tetrazole rings is 1. The van der Waals surface area contributed by atoms with Gasteiger partial charge in [0.05, 0.1) is 24.9 Å². The molecule has 0 spiro atoms. The first-order valence-electron chi connectivity index (χ1n) is 10.9. The van der Waals surface area contributed by atoms with Crippen molar-refractivity contribution in [3.63, 3.8) is 0 Å². The molecule has 8 heteroatoms. The van der Waals surface area contributed by atoms with E-state index in [0.29, 0.717) is 25.1 Å². The van der Waals surface area contributed by atoms with E-state index in [0.717, 1.165) is 29.5 Å². The summed E-state index contributed by atoms with van der Waals surface area (Å²) < 4.78 is 0. The summed E-state index contributed by atoms with van der Waals surface area (Å²) in [6, 6.07) is 17.8. The van der Waals surface area contributed by atoms with Crippen LogP contribution in [0.1, 0.15) is 49.5 Å². The summed E-state index contributed by atoms with van der Waals surface area (Å²) in [6.07, 6.45) is 3.20. The smallest absolute Gasteiger partial charge is 0.304 e.